The van der Waals surface area contributed by atoms with Gasteiger partial charge in [0.15, 0.2) is 5.78 Å². The molecule has 0 saturated heterocycles. The molecule has 29 heavy (non-hydrogen) atoms. The summed E-state index contributed by atoms with van der Waals surface area (Å²) in [6, 6.07) is 1.89. The second kappa shape index (κ2) is 9.82. The van der Waals surface area contributed by atoms with Crippen molar-refractivity contribution in [1.29, 1.82) is 0 Å². The zero-order valence-electron chi connectivity index (χ0n) is 17.8. The van der Waals surface area contributed by atoms with Gasteiger partial charge in [0.2, 0.25) is 0 Å². The Kier molecular flexibility index (Phi) is 7.73. The summed E-state index contributed by atoms with van der Waals surface area (Å²) in [7, 11) is 1.93. The normalized spacial score (nSPS) is 10.8. The smallest absolute Gasteiger partial charge is 0.355 e. The number of nitrogens with one attached hydrogen (secondary N) is 1. The number of ketones is 1. The minimum absolute atomic E-state index is 0.0304. The summed E-state index contributed by atoms with van der Waals surface area (Å²) >= 11 is 1.38. The van der Waals surface area contributed by atoms with E-state index in [1.165, 1.54) is 11.8 Å². The highest BCUT2D eigenvalue weighted by molar-refractivity contribution is 7.99. The highest BCUT2D eigenvalue weighted by Gasteiger charge is 2.25. The highest BCUT2D eigenvalue weighted by Crippen LogP contribution is 2.25. The van der Waals surface area contributed by atoms with Crippen molar-refractivity contribution in [2.45, 2.75) is 40.4 Å². The van der Waals surface area contributed by atoms with Crippen LogP contribution in [-0.4, -0.2) is 46.2 Å². The summed E-state index contributed by atoms with van der Waals surface area (Å²) in [6.07, 6.45) is 0. The van der Waals surface area contributed by atoms with Gasteiger partial charge >= 0.3 is 11.9 Å². The Morgan fingerprint density at radius 1 is 1.07 bits per heavy atom. The number of carbonyl (C=O) groups excluding carboxylic acids is 3. The summed E-state index contributed by atoms with van der Waals surface area (Å²) in [5.41, 5.74) is 4.30. The van der Waals surface area contributed by atoms with Crippen molar-refractivity contribution >= 4 is 29.5 Å². The first kappa shape index (κ1) is 22.8. The predicted octanol–water partition coefficient (Wildman–Crippen LogP) is 3.75. The van der Waals surface area contributed by atoms with Crippen LogP contribution in [-0.2, 0) is 22.3 Å². The van der Waals surface area contributed by atoms with E-state index in [2.05, 4.69) is 4.98 Å². The molecule has 0 aliphatic heterocycles. The number of carbonyl (C=O) groups is 3. The summed E-state index contributed by atoms with van der Waals surface area (Å²) in [5.74, 6) is -0.348. The monoisotopic (exact) mass is 420 g/mol. The predicted molar refractivity (Wildman–Crippen MR) is 113 cm³/mol. The van der Waals surface area contributed by atoms with E-state index in [-0.39, 0.29) is 30.4 Å². The number of Topliss-reactive ketones (excluding diaryl/α,β-unsaturated/α-hetero) is 1. The van der Waals surface area contributed by atoms with Gasteiger partial charge in [0, 0.05) is 35.4 Å². The first-order valence-electron chi connectivity index (χ1n) is 9.52. The number of esters is 2. The van der Waals surface area contributed by atoms with Crippen molar-refractivity contribution in [3.05, 3.63) is 45.5 Å². The van der Waals surface area contributed by atoms with Crippen LogP contribution >= 0.6 is 11.8 Å². The average molecular weight is 421 g/mol. The van der Waals surface area contributed by atoms with E-state index >= 15 is 0 Å². The Morgan fingerprint density at radius 3 is 2.24 bits per heavy atom. The molecule has 0 bridgehead atoms. The van der Waals surface area contributed by atoms with E-state index in [0.29, 0.717) is 28.1 Å². The number of H-pyrrole nitrogens is 1. The van der Waals surface area contributed by atoms with E-state index in [1.807, 2.05) is 31.5 Å². The van der Waals surface area contributed by atoms with Crippen LogP contribution in [0.15, 0.2) is 6.07 Å². The molecule has 2 aromatic rings. The fraction of sp³-hybridized carbons (Fsp3) is 0.476. The SMILES string of the molecule is CCOC(=O)c1[nH]c(CSCC(=O)c2cc(C)n(C)c2C)c(C(=O)OCC)c1C. The van der Waals surface area contributed by atoms with Gasteiger partial charge in [-0.2, -0.15) is 0 Å². The molecule has 0 saturated carbocycles. The number of aromatic amines is 1. The molecule has 2 heterocycles. The lowest BCUT2D eigenvalue weighted by Crippen LogP contribution is -2.09. The maximum absolute atomic E-state index is 12.6. The molecular formula is C21H28N2O5S. The fourth-order valence-electron chi connectivity index (χ4n) is 3.11. The summed E-state index contributed by atoms with van der Waals surface area (Å²) < 4.78 is 12.2. The van der Waals surface area contributed by atoms with Crippen molar-refractivity contribution in [2.75, 3.05) is 19.0 Å². The van der Waals surface area contributed by atoms with E-state index < -0.39 is 11.9 Å². The Hall–Kier alpha value is -2.48. The lowest BCUT2D eigenvalue weighted by Gasteiger charge is -2.06. The molecule has 1 N–H and O–H groups in total. The van der Waals surface area contributed by atoms with Crippen molar-refractivity contribution in [1.82, 2.24) is 9.55 Å². The second-order valence-corrected chi connectivity index (χ2v) is 7.66. The molecule has 0 aliphatic rings. The van der Waals surface area contributed by atoms with E-state index in [0.717, 1.165) is 11.4 Å². The molecular weight excluding hydrogens is 392 g/mol. The molecule has 8 heteroatoms. The summed E-state index contributed by atoms with van der Waals surface area (Å²) in [5, 5.41) is 0. The van der Waals surface area contributed by atoms with Crippen LogP contribution in [0.5, 0.6) is 0 Å². The maximum atomic E-state index is 12.6. The third-order valence-electron chi connectivity index (χ3n) is 4.84. The summed E-state index contributed by atoms with van der Waals surface area (Å²) in [6.45, 7) is 9.48. The molecule has 0 aromatic carbocycles. The number of rotatable bonds is 9. The van der Waals surface area contributed by atoms with E-state index in [1.54, 1.807) is 20.8 Å². The van der Waals surface area contributed by atoms with Gasteiger partial charge in [-0.1, -0.05) is 0 Å². The summed E-state index contributed by atoms with van der Waals surface area (Å²) in [4.78, 5) is 40.2. The van der Waals surface area contributed by atoms with Crippen LogP contribution in [0.3, 0.4) is 0 Å². The molecule has 0 aliphatic carbocycles. The zero-order chi connectivity index (χ0) is 21.7. The quantitative estimate of drug-likeness (QED) is 0.491. The largest absolute Gasteiger partial charge is 0.462 e. The number of aromatic nitrogens is 2. The fourth-order valence-corrected chi connectivity index (χ4v) is 3.98. The number of aryl methyl sites for hydroxylation is 1. The molecule has 0 atom stereocenters. The van der Waals surface area contributed by atoms with Crippen molar-refractivity contribution in [2.24, 2.45) is 7.05 Å². The van der Waals surface area contributed by atoms with Crippen molar-refractivity contribution in [3.63, 3.8) is 0 Å². The molecule has 2 aromatic heterocycles. The van der Waals surface area contributed by atoms with Gasteiger partial charge in [-0.3, -0.25) is 4.79 Å². The highest BCUT2D eigenvalue weighted by atomic mass is 32.2. The van der Waals surface area contributed by atoms with Gasteiger partial charge < -0.3 is 19.0 Å². The van der Waals surface area contributed by atoms with Crippen LogP contribution in [0.25, 0.3) is 0 Å². The molecule has 158 valence electrons. The number of nitrogens with zero attached hydrogens (tertiary/aromatic N) is 1. The van der Waals surface area contributed by atoms with Crippen LogP contribution < -0.4 is 0 Å². The van der Waals surface area contributed by atoms with Gasteiger partial charge in [0.05, 0.1) is 24.5 Å². The minimum atomic E-state index is -0.515. The molecule has 0 radical (unpaired) electrons. The second-order valence-electron chi connectivity index (χ2n) is 6.68. The lowest BCUT2D eigenvalue weighted by molar-refractivity contribution is 0.0518. The molecule has 0 fully saturated rings. The molecule has 2 rings (SSSR count). The molecule has 0 unspecified atom stereocenters. The van der Waals surface area contributed by atoms with Gasteiger partial charge in [-0.15, -0.1) is 11.8 Å². The van der Waals surface area contributed by atoms with Gasteiger partial charge in [0.1, 0.15) is 5.69 Å². The molecule has 0 amide bonds. The molecule has 0 spiro atoms. The standard InChI is InChI=1S/C21H28N2O5S/c1-7-27-20(25)18-13(4)19(21(26)28-8-2)22-16(18)10-29-11-17(24)15-9-12(3)23(6)14(15)5/h9,22H,7-8,10-11H2,1-6H3. The van der Waals surface area contributed by atoms with Gasteiger partial charge in [-0.05, 0) is 46.2 Å². The third kappa shape index (κ3) is 4.93. The Bertz CT molecular complexity index is 926. The third-order valence-corrected chi connectivity index (χ3v) is 5.80. The van der Waals surface area contributed by atoms with Crippen LogP contribution in [0.4, 0.5) is 0 Å². The zero-order valence-corrected chi connectivity index (χ0v) is 18.6. The van der Waals surface area contributed by atoms with Crippen LogP contribution in [0.1, 0.15) is 67.7 Å². The Morgan fingerprint density at radius 2 is 1.69 bits per heavy atom. The number of hydrogen-bond acceptors (Lipinski definition) is 6. The number of ether oxygens (including phenoxy) is 2. The first-order valence-corrected chi connectivity index (χ1v) is 10.7. The number of hydrogen-bond donors (Lipinski definition) is 1. The van der Waals surface area contributed by atoms with Crippen LogP contribution in [0.2, 0.25) is 0 Å². The van der Waals surface area contributed by atoms with E-state index in [9.17, 15) is 14.4 Å². The number of thioether (sulfide) groups is 1. The maximum Gasteiger partial charge on any atom is 0.355 e. The van der Waals surface area contributed by atoms with Crippen molar-refractivity contribution in [3.8, 4) is 0 Å². The topological polar surface area (TPSA) is 90.4 Å². The lowest BCUT2D eigenvalue weighted by atomic mass is 10.1. The average Bonchev–Trinajstić information content (AvgIpc) is 3.13. The van der Waals surface area contributed by atoms with E-state index in [4.69, 9.17) is 9.47 Å². The van der Waals surface area contributed by atoms with Gasteiger partial charge in [-0.25, -0.2) is 9.59 Å². The molecule has 7 nitrogen and oxygen atoms in total. The van der Waals surface area contributed by atoms with Gasteiger partial charge in [0.25, 0.3) is 0 Å². The van der Waals surface area contributed by atoms with Crippen LogP contribution in [0, 0.1) is 20.8 Å². The first-order chi connectivity index (χ1) is 13.7. The minimum Gasteiger partial charge on any atom is -0.462 e. The van der Waals surface area contributed by atoms with Crippen molar-refractivity contribution < 1.29 is 23.9 Å². The Balaban J connectivity index is 2.19. The Labute approximate surface area is 175 Å².